The van der Waals surface area contributed by atoms with E-state index in [0.717, 1.165) is 25.7 Å². The van der Waals surface area contributed by atoms with Crippen molar-refractivity contribution < 1.29 is 46.3 Å². The molecule has 1 aliphatic carbocycles. The number of carbonyl (C=O) groups excluding carboxylic acids is 2. The molecule has 0 radical (unpaired) electrons. The minimum Gasteiger partial charge on any atom is -0.489 e. The van der Waals surface area contributed by atoms with Gasteiger partial charge in [0.25, 0.3) is 17.9 Å². The number of nitrogens with zero attached hydrogens (tertiary/aromatic N) is 5. The Morgan fingerprint density at radius 1 is 1.22 bits per heavy atom. The number of carboxylic acids is 1. The number of amides is 2. The zero-order valence-electron chi connectivity index (χ0n) is 24.2. The van der Waals surface area contributed by atoms with Crippen LogP contribution >= 0.6 is 11.5 Å². The fraction of sp³-hybridized carbons (Fsp3) is 0.480. The van der Waals surface area contributed by atoms with Crippen molar-refractivity contribution in [3.05, 3.63) is 35.7 Å². The van der Waals surface area contributed by atoms with Gasteiger partial charge in [-0.15, -0.1) is 4.28 Å². The number of hydrogen-bond donors (Lipinski definition) is 5. The SMILES string of the molecule is CC1(C)[C@H](NC(=O)/C(=N\O[C@@H](COc2ccc(C(N)=NC3CCCCC3)cc2)C(=O)O)c2nsc(N)n2)C(=O)N1OS(=O)(=O)O. The van der Waals surface area contributed by atoms with Crippen LogP contribution in [0.25, 0.3) is 0 Å². The summed E-state index contributed by atoms with van der Waals surface area (Å²) >= 11 is 0.709. The van der Waals surface area contributed by atoms with E-state index in [1.807, 2.05) is 0 Å². The number of carboxylic acid groups (broad SMARTS) is 1. The average Bonchev–Trinajstić information content (AvgIpc) is 3.41. The third-order valence-corrected chi connectivity index (χ3v) is 7.86. The highest BCUT2D eigenvalue weighted by molar-refractivity contribution is 7.80. The second-order valence-corrected chi connectivity index (χ2v) is 12.5. The van der Waals surface area contributed by atoms with Crippen LogP contribution in [0.15, 0.2) is 34.4 Å². The molecular weight excluding hydrogens is 636 g/mol. The molecule has 244 valence electrons. The van der Waals surface area contributed by atoms with E-state index < -0.39 is 58.2 Å². The number of aliphatic imine (C=N–C) groups is 1. The number of anilines is 1. The Labute approximate surface area is 261 Å². The monoisotopic (exact) mass is 668 g/mol. The van der Waals surface area contributed by atoms with Crippen LogP contribution in [-0.2, 0) is 33.9 Å². The van der Waals surface area contributed by atoms with Crippen molar-refractivity contribution in [2.24, 2.45) is 15.9 Å². The minimum atomic E-state index is -5.02. The van der Waals surface area contributed by atoms with E-state index >= 15 is 0 Å². The molecular formula is C25H32N8O10S2. The normalized spacial score (nSPS) is 19.8. The van der Waals surface area contributed by atoms with Gasteiger partial charge in [0.05, 0.1) is 11.6 Å². The number of nitrogens with one attached hydrogen (secondary N) is 1. The minimum absolute atomic E-state index is 0.0516. The number of oxime groups is 1. The zero-order chi connectivity index (χ0) is 32.9. The van der Waals surface area contributed by atoms with Gasteiger partial charge < -0.3 is 31.5 Å². The molecule has 45 heavy (non-hydrogen) atoms. The van der Waals surface area contributed by atoms with E-state index in [1.54, 1.807) is 24.3 Å². The third-order valence-electron chi connectivity index (χ3n) is 6.98. The van der Waals surface area contributed by atoms with Gasteiger partial charge >= 0.3 is 16.4 Å². The number of amidine groups is 1. The maximum absolute atomic E-state index is 13.1. The zero-order valence-corrected chi connectivity index (χ0v) is 25.8. The van der Waals surface area contributed by atoms with Crippen LogP contribution < -0.4 is 21.5 Å². The van der Waals surface area contributed by atoms with E-state index in [2.05, 4.69) is 29.1 Å². The van der Waals surface area contributed by atoms with Gasteiger partial charge in [-0.2, -0.15) is 22.8 Å². The molecule has 4 rings (SSSR count). The topological polar surface area (TPSA) is 271 Å². The number of β-lactam (4-membered cyclic amide) rings is 1. The maximum Gasteiger partial charge on any atom is 0.418 e. The molecule has 2 aromatic rings. The standard InChI is InChI=1S/C25H32N8O10S2/c1-25(2)18(22(35)33(25)43-45(38,39)40)29-21(34)17(20-30-24(27)44-32-20)31-42-16(23(36)37)12-41-15-10-8-13(9-11-15)19(26)28-14-6-4-3-5-7-14/h8-11,14,16,18H,3-7,12H2,1-2H3,(H2,26,28)(H,29,34)(H,36,37)(H2,27,30,32)(H,38,39,40)/b31-17-/t16-,18+/m0/s1. The number of benzene rings is 1. The molecule has 18 nitrogen and oxygen atoms in total. The fourth-order valence-corrected chi connectivity index (χ4v) is 5.46. The van der Waals surface area contributed by atoms with Crippen LogP contribution in [0.2, 0.25) is 0 Å². The summed E-state index contributed by atoms with van der Waals surface area (Å²) in [6, 6.07) is 5.41. The molecule has 1 saturated heterocycles. The molecule has 20 heteroatoms. The molecule has 2 fully saturated rings. The summed E-state index contributed by atoms with van der Waals surface area (Å²) in [5.74, 6) is -3.20. The van der Waals surface area contributed by atoms with Gasteiger partial charge in [0.2, 0.25) is 11.5 Å². The van der Waals surface area contributed by atoms with E-state index in [4.69, 9.17) is 25.6 Å². The molecule has 1 saturated carbocycles. The predicted molar refractivity (Wildman–Crippen MR) is 158 cm³/mol. The number of aromatic nitrogens is 2. The predicted octanol–water partition coefficient (Wildman–Crippen LogP) is 0.251. The first-order chi connectivity index (χ1) is 21.2. The second kappa shape index (κ2) is 13.7. The molecule has 0 bridgehead atoms. The summed E-state index contributed by atoms with van der Waals surface area (Å²) < 4.78 is 44.8. The number of aliphatic carboxylic acids is 1. The molecule has 2 atom stereocenters. The Kier molecular flexibility index (Phi) is 10.2. The molecule has 0 unspecified atom stereocenters. The van der Waals surface area contributed by atoms with Gasteiger partial charge in [0.1, 0.15) is 24.2 Å². The molecule has 2 heterocycles. The summed E-state index contributed by atoms with van der Waals surface area (Å²) in [7, 11) is -5.02. The van der Waals surface area contributed by atoms with Crippen molar-refractivity contribution in [3.63, 3.8) is 0 Å². The van der Waals surface area contributed by atoms with Crippen molar-refractivity contribution in [2.75, 3.05) is 12.3 Å². The number of nitrogens with two attached hydrogens (primary N) is 2. The van der Waals surface area contributed by atoms with E-state index in [-0.39, 0.29) is 17.0 Å². The molecule has 0 spiro atoms. The Morgan fingerprint density at radius 3 is 2.44 bits per heavy atom. The lowest BCUT2D eigenvalue weighted by Crippen LogP contribution is -2.76. The van der Waals surface area contributed by atoms with Crippen LogP contribution in [0, 0.1) is 0 Å². The molecule has 1 aliphatic heterocycles. The third kappa shape index (κ3) is 8.41. The van der Waals surface area contributed by atoms with Crippen LogP contribution in [0.4, 0.5) is 5.13 Å². The van der Waals surface area contributed by atoms with Gasteiger partial charge in [-0.1, -0.05) is 24.4 Å². The number of rotatable bonds is 13. The lowest BCUT2D eigenvalue weighted by atomic mass is 9.84. The van der Waals surface area contributed by atoms with Crippen LogP contribution in [0.3, 0.4) is 0 Å². The largest absolute Gasteiger partial charge is 0.489 e. The van der Waals surface area contributed by atoms with E-state index in [1.165, 1.54) is 20.3 Å². The highest BCUT2D eigenvalue weighted by Gasteiger charge is 2.58. The van der Waals surface area contributed by atoms with Crippen molar-refractivity contribution in [2.45, 2.75) is 69.7 Å². The second-order valence-electron chi connectivity index (χ2n) is 10.7. The summed E-state index contributed by atoms with van der Waals surface area (Å²) in [4.78, 5) is 51.1. The lowest BCUT2D eigenvalue weighted by molar-refractivity contribution is -0.218. The van der Waals surface area contributed by atoms with Crippen molar-refractivity contribution in [1.82, 2.24) is 19.7 Å². The highest BCUT2D eigenvalue weighted by Crippen LogP contribution is 2.33. The van der Waals surface area contributed by atoms with Gasteiger partial charge in [-0.25, -0.2) is 4.79 Å². The maximum atomic E-state index is 13.1. The van der Waals surface area contributed by atoms with Crippen LogP contribution in [0.5, 0.6) is 5.75 Å². The van der Waals surface area contributed by atoms with Gasteiger partial charge in [-0.05, 0) is 51.0 Å². The van der Waals surface area contributed by atoms with Gasteiger partial charge in [0.15, 0.2) is 5.13 Å². The molecule has 1 aromatic heterocycles. The first-order valence-electron chi connectivity index (χ1n) is 13.6. The highest BCUT2D eigenvalue weighted by atomic mass is 32.3. The smallest absolute Gasteiger partial charge is 0.418 e. The number of hydroxylamine groups is 2. The molecule has 1 aromatic carbocycles. The van der Waals surface area contributed by atoms with Crippen molar-refractivity contribution in [3.8, 4) is 5.75 Å². The van der Waals surface area contributed by atoms with Gasteiger partial charge in [0, 0.05) is 17.1 Å². The Morgan fingerprint density at radius 2 is 1.89 bits per heavy atom. The van der Waals surface area contributed by atoms with Crippen molar-refractivity contribution in [1.29, 1.82) is 0 Å². The Bertz CT molecular complexity index is 1590. The average molecular weight is 669 g/mol. The molecule has 7 N–H and O–H groups in total. The van der Waals surface area contributed by atoms with E-state index in [0.29, 0.717) is 33.7 Å². The number of carbonyl (C=O) groups is 3. The number of nitrogen functional groups attached to an aromatic ring is 1. The quantitative estimate of drug-likeness (QED) is 0.0629. The van der Waals surface area contributed by atoms with Crippen molar-refractivity contribution >= 4 is 56.4 Å². The van der Waals surface area contributed by atoms with Crippen LogP contribution in [-0.4, -0.2) is 92.2 Å². The number of ether oxygens (including phenoxy) is 1. The van der Waals surface area contributed by atoms with E-state index in [9.17, 15) is 27.9 Å². The molecule has 2 aliphatic rings. The Hall–Kier alpha value is -4.40. The Balaban J connectivity index is 1.43. The summed E-state index contributed by atoms with van der Waals surface area (Å²) in [5, 5.41) is 16.0. The van der Waals surface area contributed by atoms with Gasteiger partial charge in [-0.3, -0.25) is 19.1 Å². The first-order valence-corrected chi connectivity index (χ1v) is 15.7. The summed E-state index contributed by atoms with van der Waals surface area (Å²) in [6.45, 7) is 2.17. The fourth-order valence-electron chi connectivity index (χ4n) is 4.57. The summed E-state index contributed by atoms with van der Waals surface area (Å²) in [6.07, 6.45) is 3.73. The molecule has 2 amide bonds. The summed E-state index contributed by atoms with van der Waals surface area (Å²) in [5.41, 5.74) is 10.4. The first kappa shape index (κ1) is 33.5. The van der Waals surface area contributed by atoms with Crippen LogP contribution in [0.1, 0.15) is 57.3 Å². The number of hydrogen-bond acceptors (Lipinski definition) is 14. The lowest BCUT2D eigenvalue weighted by Gasteiger charge is -2.50.